The van der Waals surface area contributed by atoms with Gasteiger partial charge in [0.2, 0.25) is 11.7 Å². The Morgan fingerprint density at radius 1 is 0.941 bits per heavy atom. The van der Waals surface area contributed by atoms with Gasteiger partial charge in [-0.1, -0.05) is 48.0 Å². The largest absolute Gasteiger partial charge is 0.451 e. The highest BCUT2D eigenvalue weighted by Crippen LogP contribution is 2.25. The number of anilines is 1. The Bertz CT molecular complexity index is 1340. The number of thioether (sulfide) groups is 1. The maximum absolute atomic E-state index is 12.9. The molecule has 4 aromatic rings. The molecule has 0 aliphatic rings. The van der Waals surface area contributed by atoms with Crippen molar-refractivity contribution in [1.82, 2.24) is 4.98 Å². The summed E-state index contributed by atoms with van der Waals surface area (Å²) in [4.78, 5) is 41.8. The molecule has 1 aromatic heterocycles. The van der Waals surface area contributed by atoms with Gasteiger partial charge in [0.15, 0.2) is 6.10 Å². The number of fused-ring (bicyclic) bond motifs is 1. The van der Waals surface area contributed by atoms with Gasteiger partial charge >= 0.3 is 5.97 Å². The number of aromatic amines is 1. The second-order valence-electron chi connectivity index (χ2n) is 7.86. The average molecular weight is 473 g/mol. The molecule has 0 radical (unpaired) electrons. The monoisotopic (exact) mass is 472 g/mol. The van der Waals surface area contributed by atoms with Crippen LogP contribution in [0.3, 0.4) is 0 Å². The fourth-order valence-corrected chi connectivity index (χ4v) is 4.35. The lowest BCUT2D eigenvalue weighted by molar-refractivity contribution is -0.113. The fourth-order valence-electron chi connectivity index (χ4n) is 3.51. The number of carbonyl (C=O) groups is 3. The molecule has 0 saturated carbocycles. The van der Waals surface area contributed by atoms with Gasteiger partial charge in [-0.05, 0) is 44.2 Å². The normalized spacial score (nSPS) is 11.7. The van der Waals surface area contributed by atoms with E-state index in [2.05, 4.69) is 10.3 Å². The van der Waals surface area contributed by atoms with E-state index >= 15 is 0 Å². The number of carbonyl (C=O) groups excluding carboxylic acids is 3. The Balaban J connectivity index is 1.40. The van der Waals surface area contributed by atoms with Crippen molar-refractivity contribution in [2.24, 2.45) is 0 Å². The summed E-state index contributed by atoms with van der Waals surface area (Å²) < 4.78 is 5.51. The number of para-hydroxylation sites is 1. The molecule has 1 atom stereocenters. The lowest BCUT2D eigenvalue weighted by Gasteiger charge is -2.14. The summed E-state index contributed by atoms with van der Waals surface area (Å²) in [6.45, 7) is 3.54. The number of rotatable bonds is 8. The van der Waals surface area contributed by atoms with Crippen molar-refractivity contribution in [3.05, 3.63) is 95.7 Å². The predicted octanol–water partition coefficient (Wildman–Crippen LogP) is 5.64. The van der Waals surface area contributed by atoms with Crippen LogP contribution in [0.25, 0.3) is 10.9 Å². The van der Waals surface area contributed by atoms with Gasteiger partial charge in [-0.3, -0.25) is 9.59 Å². The number of Topliss-reactive ketones (excluding diaryl/α,β-unsaturated/α-hetero) is 1. The van der Waals surface area contributed by atoms with Crippen LogP contribution < -0.4 is 5.32 Å². The number of esters is 1. The summed E-state index contributed by atoms with van der Waals surface area (Å²) >= 11 is 1.24. The first kappa shape index (κ1) is 23.3. The van der Waals surface area contributed by atoms with Gasteiger partial charge in [-0.15, -0.1) is 11.8 Å². The zero-order valence-electron chi connectivity index (χ0n) is 18.8. The van der Waals surface area contributed by atoms with E-state index in [9.17, 15) is 14.4 Å². The highest BCUT2D eigenvalue weighted by atomic mass is 32.2. The lowest BCUT2D eigenvalue weighted by atomic mass is 10.1. The van der Waals surface area contributed by atoms with Crippen molar-refractivity contribution in [3.63, 3.8) is 0 Å². The molecule has 0 saturated heterocycles. The number of nitrogens with one attached hydrogen (secondary N) is 2. The summed E-state index contributed by atoms with van der Waals surface area (Å²) in [6, 6.07) is 21.9. The molecule has 0 aliphatic carbocycles. The summed E-state index contributed by atoms with van der Waals surface area (Å²) in [5.41, 5.74) is 3.46. The van der Waals surface area contributed by atoms with Crippen LogP contribution in [-0.4, -0.2) is 34.5 Å². The van der Waals surface area contributed by atoms with Crippen LogP contribution in [0.1, 0.15) is 33.2 Å². The van der Waals surface area contributed by atoms with Crippen LogP contribution in [-0.2, 0) is 9.53 Å². The standard InChI is InChI=1S/C27H24N2O4S/c1-17-11-13-19(14-12-17)29-25(30)16-34-24-10-6-4-8-21(24)27(32)33-18(2)26(31)22-15-28-23-9-5-3-7-20(22)23/h3-15,18,28H,16H2,1-2H3,(H,29,30). The molecular formula is C27H24N2O4S. The zero-order valence-corrected chi connectivity index (χ0v) is 19.6. The van der Waals surface area contributed by atoms with Crippen molar-refractivity contribution in [2.75, 3.05) is 11.1 Å². The second-order valence-corrected chi connectivity index (χ2v) is 8.88. The summed E-state index contributed by atoms with van der Waals surface area (Å²) in [7, 11) is 0. The van der Waals surface area contributed by atoms with E-state index < -0.39 is 12.1 Å². The second kappa shape index (κ2) is 10.4. The van der Waals surface area contributed by atoms with Crippen molar-refractivity contribution < 1.29 is 19.1 Å². The van der Waals surface area contributed by atoms with Crippen molar-refractivity contribution in [1.29, 1.82) is 0 Å². The molecule has 1 amide bonds. The molecule has 34 heavy (non-hydrogen) atoms. The molecular weight excluding hydrogens is 448 g/mol. The summed E-state index contributed by atoms with van der Waals surface area (Å²) in [5.74, 6) is -0.946. The van der Waals surface area contributed by atoms with Gasteiger partial charge in [0.1, 0.15) is 0 Å². The number of amides is 1. The SMILES string of the molecule is Cc1ccc(NC(=O)CSc2ccccc2C(=O)OC(C)C(=O)c2c[nH]c3ccccc23)cc1. The predicted molar refractivity (Wildman–Crippen MR) is 134 cm³/mol. The number of ether oxygens (including phenoxy) is 1. The number of H-pyrrole nitrogens is 1. The van der Waals surface area contributed by atoms with Crippen molar-refractivity contribution >= 4 is 46.0 Å². The van der Waals surface area contributed by atoms with Gasteiger partial charge in [-0.2, -0.15) is 0 Å². The third-order valence-corrected chi connectivity index (χ3v) is 6.38. The van der Waals surface area contributed by atoms with Crippen LogP contribution in [0.5, 0.6) is 0 Å². The Hall–Kier alpha value is -3.84. The van der Waals surface area contributed by atoms with E-state index in [1.165, 1.54) is 11.8 Å². The van der Waals surface area contributed by atoms with E-state index in [1.54, 1.807) is 37.4 Å². The first-order chi connectivity index (χ1) is 16.4. The highest BCUT2D eigenvalue weighted by Gasteiger charge is 2.24. The van der Waals surface area contributed by atoms with E-state index in [0.29, 0.717) is 21.7 Å². The maximum Gasteiger partial charge on any atom is 0.339 e. The molecule has 172 valence electrons. The van der Waals surface area contributed by atoms with Crippen LogP contribution in [0, 0.1) is 6.92 Å². The quantitative estimate of drug-likeness (QED) is 0.197. The maximum atomic E-state index is 12.9. The Labute approximate surface area is 201 Å². The number of aryl methyl sites for hydroxylation is 1. The van der Waals surface area contributed by atoms with Gasteiger partial charge in [0.25, 0.3) is 0 Å². The number of ketones is 1. The summed E-state index contributed by atoms with van der Waals surface area (Å²) in [5, 5.41) is 3.63. The van der Waals surface area contributed by atoms with Gasteiger partial charge in [0, 0.05) is 33.2 Å². The van der Waals surface area contributed by atoms with Crippen LogP contribution in [0.4, 0.5) is 5.69 Å². The van der Waals surface area contributed by atoms with Gasteiger partial charge < -0.3 is 15.0 Å². The zero-order chi connectivity index (χ0) is 24.1. The van der Waals surface area contributed by atoms with Crippen molar-refractivity contribution in [3.8, 4) is 0 Å². The molecule has 0 bridgehead atoms. The molecule has 1 unspecified atom stereocenters. The number of hydrogen-bond donors (Lipinski definition) is 2. The minimum Gasteiger partial charge on any atom is -0.451 e. The smallest absolute Gasteiger partial charge is 0.339 e. The molecule has 3 aromatic carbocycles. The first-order valence-corrected chi connectivity index (χ1v) is 11.8. The van der Waals surface area contributed by atoms with Crippen LogP contribution in [0.2, 0.25) is 0 Å². The van der Waals surface area contributed by atoms with Crippen LogP contribution in [0.15, 0.2) is 83.9 Å². The molecule has 4 rings (SSSR count). The molecule has 0 fully saturated rings. The average Bonchev–Trinajstić information content (AvgIpc) is 3.28. The minimum absolute atomic E-state index is 0.127. The van der Waals surface area contributed by atoms with Crippen LogP contribution >= 0.6 is 11.8 Å². The molecule has 0 aliphatic heterocycles. The van der Waals surface area contributed by atoms with Gasteiger partial charge in [0.05, 0.1) is 11.3 Å². The Kier molecular flexibility index (Phi) is 7.13. The van der Waals surface area contributed by atoms with E-state index in [4.69, 9.17) is 4.74 Å². The van der Waals surface area contributed by atoms with Crippen molar-refractivity contribution in [2.45, 2.75) is 24.8 Å². The number of aromatic nitrogens is 1. The molecule has 1 heterocycles. The molecule has 7 heteroatoms. The Morgan fingerprint density at radius 2 is 1.65 bits per heavy atom. The first-order valence-electron chi connectivity index (χ1n) is 10.8. The number of benzene rings is 3. The summed E-state index contributed by atoms with van der Waals surface area (Å²) in [6.07, 6.45) is 0.669. The molecule has 2 N–H and O–H groups in total. The fraction of sp³-hybridized carbons (Fsp3) is 0.148. The topological polar surface area (TPSA) is 88.3 Å². The highest BCUT2D eigenvalue weighted by molar-refractivity contribution is 8.00. The van der Waals surface area contributed by atoms with E-state index in [-0.39, 0.29) is 17.4 Å². The molecule has 0 spiro atoms. The third kappa shape index (κ3) is 5.38. The molecule has 6 nitrogen and oxygen atoms in total. The van der Waals surface area contributed by atoms with Gasteiger partial charge in [-0.25, -0.2) is 4.79 Å². The Morgan fingerprint density at radius 3 is 2.44 bits per heavy atom. The lowest BCUT2D eigenvalue weighted by Crippen LogP contribution is -2.24. The number of hydrogen-bond acceptors (Lipinski definition) is 5. The van der Waals surface area contributed by atoms with E-state index in [1.807, 2.05) is 55.5 Å². The van der Waals surface area contributed by atoms with E-state index in [0.717, 1.165) is 16.5 Å². The minimum atomic E-state index is -0.963. The third-order valence-electron chi connectivity index (χ3n) is 5.31.